The SMILES string of the molecule is Cc1c(Cl)c(C(=O)O)cc2sccc12. The van der Waals surface area contributed by atoms with Crippen LogP contribution in [-0.4, -0.2) is 11.1 Å². The van der Waals surface area contributed by atoms with E-state index in [0.29, 0.717) is 5.02 Å². The molecule has 0 radical (unpaired) electrons. The fraction of sp³-hybridized carbons (Fsp3) is 0.100. The van der Waals surface area contributed by atoms with Crippen molar-refractivity contribution in [3.05, 3.63) is 33.7 Å². The zero-order chi connectivity index (χ0) is 10.3. The topological polar surface area (TPSA) is 37.3 Å². The summed E-state index contributed by atoms with van der Waals surface area (Å²) in [6, 6.07) is 3.57. The van der Waals surface area contributed by atoms with Crippen LogP contribution < -0.4 is 0 Å². The van der Waals surface area contributed by atoms with Crippen molar-refractivity contribution in [2.45, 2.75) is 6.92 Å². The third-order valence-corrected chi connectivity index (χ3v) is 3.52. The molecule has 2 nitrogen and oxygen atoms in total. The van der Waals surface area contributed by atoms with Gasteiger partial charge in [0.2, 0.25) is 0 Å². The van der Waals surface area contributed by atoms with Crippen molar-refractivity contribution in [2.24, 2.45) is 0 Å². The van der Waals surface area contributed by atoms with Crippen LogP contribution >= 0.6 is 22.9 Å². The Morgan fingerprint density at radius 1 is 1.57 bits per heavy atom. The van der Waals surface area contributed by atoms with Crippen LogP contribution in [0.2, 0.25) is 5.02 Å². The number of rotatable bonds is 1. The van der Waals surface area contributed by atoms with Gasteiger partial charge in [0.25, 0.3) is 0 Å². The van der Waals surface area contributed by atoms with Gasteiger partial charge in [-0.25, -0.2) is 4.79 Å². The van der Waals surface area contributed by atoms with Crippen LogP contribution in [0, 0.1) is 6.92 Å². The first-order valence-corrected chi connectivity index (χ1v) is 5.26. The number of carboxylic acids is 1. The van der Waals surface area contributed by atoms with Crippen molar-refractivity contribution in [2.75, 3.05) is 0 Å². The average Bonchev–Trinajstić information content (AvgIpc) is 2.58. The summed E-state index contributed by atoms with van der Waals surface area (Å²) < 4.78 is 0.962. The summed E-state index contributed by atoms with van der Waals surface area (Å²) in [4.78, 5) is 10.9. The van der Waals surface area contributed by atoms with Gasteiger partial charge in [0.05, 0.1) is 10.6 Å². The first kappa shape index (κ1) is 9.49. The Morgan fingerprint density at radius 2 is 2.29 bits per heavy atom. The molecule has 0 aliphatic heterocycles. The van der Waals surface area contributed by atoms with Crippen LogP contribution in [0.15, 0.2) is 17.5 Å². The van der Waals surface area contributed by atoms with E-state index in [2.05, 4.69) is 0 Å². The van der Waals surface area contributed by atoms with Crippen LogP contribution in [0.3, 0.4) is 0 Å². The van der Waals surface area contributed by atoms with E-state index >= 15 is 0 Å². The lowest BCUT2D eigenvalue weighted by atomic mass is 10.1. The molecule has 14 heavy (non-hydrogen) atoms. The second-order valence-corrected chi connectivity index (χ2v) is 4.33. The molecular formula is C10H7ClO2S. The highest BCUT2D eigenvalue weighted by atomic mass is 35.5. The maximum Gasteiger partial charge on any atom is 0.337 e. The van der Waals surface area contributed by atoms with Crippen LogP contribution in [-0.2, 0) is 0 Å². The van der Waals surface area contributed by atoms with Gasteiger partial charge in [-0.2, -0.15) is 0 Å². The third kappa shape index (κ3) is 1.29. The predicted molar refractivity (Wildman–Crippen MR) is 58.5 cm³/mol. The molecule has 0 aliphatic carbocycles. The van der Waals surface area contributed by atoms with Crippen molar-refractivity contribution in [3.63, 3.8) is 0 Å². The molecule has 72 valence electrons. The monoisotopic (exact) mass is 226 g/mol. The van der Waals surface area contributed by atoms with Gasteiger partial charge in [-0.05, 0) is 35.4 Å². The van der Waals surface area contributed by atoms with Crippen molar-refractivity contribution >= 4 is 39.0 Å². The Hall–Kier alpha value is -1.06. The van der Waals surface area contributed by atoms with Crippen LogP contribution in [0.1, 0.15) is 15.9 Å². The molecule has 0 unspecified atom stereocenters. The van der Waals surface area contributed by atoms with E-state index in [1.165, 1.54) is 11.3 Å². The number of carbonyl (C=O) groups is 1. The fourth-order valence-electron chi connectivity index (χ4n) is 1.41. The zero-order valence-corrected chi connectivity index (χ0v) is 8.95. The summed E-state index contributed by atoms with van der Waals surface area (Å²) >= 11 is 7.47. The number of hydrogen-bond donors (Lipinski definition) is 1. The molecule has 0 saturated heterocycles. The maximum absolute atomic E-state index is 10.9. The molecule has 1 heterocycles. The molecule has 2 rings (SSSR count). The number of fused-ring (bicyclic) bond motifs is 1. The fourth-order valence-corrected chi connectivity index (χ4v) is 2.53. The number of benzene rings is 1. The molecule has 1 aromatic heterocycles. The van der Waals surface area contributed by atoms with Gasteiger partial charge in [0.1, 0.15) is 0 Å². The van der Waals surface area contributed by atoms with E-state index in [9.17, 15) is 4.79 Å². The molecular weight excluding hydrogens is 220 g/mol. The van der Waals surface area contributed by atoms with Crippen molar-refractivity contribution in [3.8, 4) is 0 Å². The van der Waals surface area contributed by atoms with Crippen LogP contribution in [0.4, 0.5) is 0 Å². The first-order chi connectivity index (χ1) is 6.61. The number of thiophene rings is 1. The van der Waals surface area contributed by atoms with Gasteiger partial charge in [0, 0.05) is 4.70 Å². The van der Waals surface area contributed by atoms with Gasteiger partial charge >= 0.3 is 5.97 Å². The largest absolute Gasteiger partial charge is 0.478 e. The highest BCUT2D eigenvalue weighted by Gasteiger charge is 2.14. The molecule has 0 saturated carbocycles. The summed E-state index contributed by atoms with van der Waals surface area (Å²) in [7, 11) is 0. The molecule has 0 amide bonds. The number of hydrogen-bond acceptors (Lipinski definition) is 2. The minimum Gasteiger partial charge on any atom is -0.478 e. The second kappa shape index (κ2) is 3.26. The molecule has 0 bridgehead atoms. The highest BCUT2D eigenvalue weighted by molar-refractivity contribution is 7.17. The molecule has 0 fully saturated rings. The maximum atomic E-state index is 10.9. The number of halogens is 1. The molecule has 1 aromatic carbocycles. The quantitative estimate of drug-likeness (QED) is 0.807. The van der Waals surface area contributed by atoms with Gasteiger partial charge in [0.15, 0.2) is 0 Å². The minimum atomic E-state index is -0.978. The standard InChI is InChI=1S/C10H7ClO2S/c1-5-6-2-3-14-8(6)4-7(9(5)11)10(12)13/h2-4H,1H3,(H,12,13). The van der Waals surface area contributed by atoms with Crippen molar-refractivity contribution in [1.29, 1.82) is 0 Å². The zero-order valence-electron chi connectivity index (χ0n) is 7.37. The van der Waals surface area contributed by atoms with Gasteiger partial charge in [-0.15, -0.1) is 11.3 Å². The lowest BCUT2D eigenvalue weighted by molar-refractivity contribution is 0.0697. The van der Waals surface area contributed by atoms with Gasteiger partial charge in [-0.1, -0.05) is 11.6 Å². The number of aryl methyl sites for hydroxylation is 1. The third-order valence-electron chi connectivity index (χ3n) is 2.17. The average molecular weight is 227 g/mol. The molecule has 4 heteroatoms. The smallest absolute Gasteiger partial charge is 0.337 e. The molecule has 1 N–H and O–H groups in total. The second-order valence-electron chi connectivity index (χ2n) is 3.00. The highest BCUT2D eigenvalue weighted by Crippen LogP contribution is 2.32. The molecule has 0 aliphatic rings. The Balaban J connectivity index is 2.87. The van der Waals surface area contributed by atoms with E-state index in [1.54, 1.807) is 6.07 Å². The van der Waals surface area contributed by atoms with E-state index in [1.807, 2.05) is 18.4 Å². The van der Waals surface area contributed by atoms with Crippen molar-refractivity contribution < 1.29 is 9.90 Å². The van der Waals surface area contributed by atoms with Crippen molar-refractivity contribution in [1.82, 2.24) is 0 Å². The molecule has 2 aromatic rings. The number of carboxylic acid groups (broad SMARTS) is 1. The summed E-state index contributed by atoms with van der Waals surface area (Å²) in [6.07, 6.45) is 0. The predicted octanol–water partition coefficient (Wildman–Crippen LogP) is 3.56. The van der Waals surface area contributed by atoms with E-state index in [4.69, 9.17) is 16.7 Å². The lowest BCUT2D eigenvalue weighted by Crippen LogP contribution is -1.98. The van der Waals surface area contributed by atoms with E-state index in [-0.39, 0.29) is 5.56 Å². The Kier molecular flexibility index (Phi) is 2.21. The molecule has 0 atom stereocenters. The van der Waals surface area contributed by atoms with Gasteiger partial charge < -0.3 is 5.11 Å². The minimum absolute atomic E-state index is 0.180. The number of aromatic carboxylic acids is 1. The summed E-state index contributed by atoms with van der Waals surface area (Å²) in [5, 5.41) is 12.2. The van der Waals surface area contributed by atoms with E-state index in [0.717, 1.165) is 15.6 Å². The Labute approximate surface area is 89.7 Å². The van der Waals surface area contributed by atoms with Crippen LogP contribution in [0.5, 0.6) is 0 Å². The summed E-state index contributed by atoms with van der Waals surface area (Å²) in [5.41, 5.74) is 1.02. The van der Waals surface area contributed by atoms with E-state index < -0.39 is 5.97 Å². The Morgan fingerprint density at radius 3 is 2.93 bits per heavy atom. The van der Waals surface area contributed by atoms with Gasteiger partial charge in [-0.3, -0.25) is 0 Å². The summed E-state index contributed by atoms with van der Waals surface area (Å²) in [5.74, 6) is -0.978. The normalized spacial score (nSPS) is 10.7. The Bertz CT molecular complexity index is 516. The van der Waals surface area contributed by atoms with Crippen LogP contribution in [0.25, 0.3) is 10.1 Å². The lowest BCUT2D eigenvalue weighted by Gasteiger charge is -2.03. The summed E-state index contributed by atoms with van der Waals surface area (Å²) in [6.45, 7) is 1.84. The first-order valence-electron chi connectivity index (χ1n) is 4.01. The molecule has 0 spiro atoms.